The molecule has 0 radical (unpaired) electrons. The molecule has 1 N–H and O–H groups in total. The van der Waals surface area contributed by atoms with E-state index in [0.717, 1.165) is 22.8 Å². The van der Waals surface area contributed by atoms with E-state index in [9.17, 15) is 9.59 Å². The van der Waals surface area contributed by atoms with Gasteiger partial charge >= 0.3 is 0 Å². The second-order valence-corrected chi connectivity index (χ2v) is 6.92. The summed E-state index contributed by atoms with van der Waals surface area (Å²) in [5, 5.41) is 3.17. The third-order valence-electron chi connectivity index (χ3n) is 4.15. The minimum absolute atomic E-state index is 0.150. The number of benzene rings is 2. The van der Waals surface area contributed by atoms with Gasteiger partial charge in [-0.3, -0.25) is 9.59 Å². The van der Waals surface area contributed by atoms with E-state index in [1.165, 1.54) is 4.90 Å². The highest BCUT2D eigenvalue weighted by atomic mass is 32.2. The van der Waals surface area contributed by atoms with Gasteiger partial charge in [-0.05, 0) is 61.2 Å². The topological polar surface area (TPSA) is 58.6 Å². The zero-order valence-corrected chi connectivity index (χ0v) is 15.7. The van der Waals surface area contributed by atoms with Crippen LogP contribution in [0.3, 0.4) is 0 Å². The number of nitrogens with one attached hydrogen (secondary N) is 1. The SMILES string of the molecule is CCCOc1ccc(N2C(=O)C[C@H](Nc3ccc(SC)cc3)C2=O)cc1. The van der Waals surface area contributed by atoms with Crippen molar-refractivity contribution in [3.05, 3.63) is 48.5 Å². The van der Waals surface area contributed by atoms with Crippen LogP contribution >= 0.6 is 11.8 Å². The summed E-state index contributed by atoms with van der Waals surface area (Å²) in [5.41, 5.74) is 1.41. The lowest BCUT2D eigenvalue weighted by Crippen LogP contribution is -2.34. The number of ether oxygens (including phenoxy) is 1. The second kappa shape index (κ2) is 8.27. The molecule has 3 rings (SSSR count). The third-order valence-corrected chi connectivity index (χ3v) is 4.89. The zero-order valence-electron chi connectivity index (χ0n) is 14.9. The Bertz CT molecular complexity index is 775. The molecule has 0 spiro atoms. The van der Waals surface area contributed by atoms with Gasteiger partial charge in [0.25, 0.3) is 5.91 Å². The number of carbonyl (C=O) groups excluding carboxylic acids is 2. The Morgan fingerprint density at radius 3 is 2.42 bits per heavy atom. The van der Waals surface area contributed by atoms with Crippen molar-refractivity contribution in [1.82, 2.24) is 0 Å². The van der Waals surface area contributed by atoms with Crippen molar-refractivity contribution in [3.8, 4) is 5.75 Å². The Morgan fingerprint density at radius 2 is 1.81 bits per heavy atom. The molecule has 0 bridgehead atoms. The first-order valence-electron chi connectivity index (χ1n) is 8.62. The van der Waals surface area contributed by atoms with E-state index in [-0.39, 0.29) is 18.2 Å². The number of carbonyl (C=O) groups is 2. The first-order chi connectivity index (χ1) is 12.6. The second-order valence-electron chi connectivity index (χ2n) is 6.04. The van der Waals surface area contributed by atoms with Crippen LogP contribution in [-0.2, 0) is 9.59 Å². The van der Waals surface area contributed by atoms with E-state index in [1.54, 1.807) is 36.0 Å². The quantitative estimate of drug-likeness (QED) is 0.591. The van der Waals surface area contributed by atoms with Crippen LogP contribution in [0.15, 0.2) is 53.4 Å². The van der Waals surface area contributed by atoms with Crippen LogP contribution in [0.5, 0.6) is 5.75 Å². The summed E-state index contributed by atoms with van der Waals surface area (Å²) in [5.74, 6) is 0.305. The molecule has 5 nitrogen and oxygen atoms in total. The van der Waals surface area contributed by atoms with Gasteiger partial charge in [-0.1, -0.05) is 6.92 Å². The Hall–Kier alpha value is -2.47. The summed E-state index contributed by atoms with van der Waals surface area (Å²) >= 11 is 1.66. The Labute approximate surface area is 157 Å². The van der Waals surface area contributed by atoms with Crippen LogP contribution in [0.25, 0.3) is 0 Å². The van der Waals surface area contributed by atoms with E-state index < -0.39 is 6.04 Å². The summed E-state index contributed by atoms with van der Waals surface area (Å²) in [6, 6.07) is 14.3. The highest BCUT2D eigenvalue weighted by Crippen LogP contribution is 2.27. The summed E-state index contributed by atoms with van der Waals surface area (Å²) < 4.78 is 5.54. The number of anilines is 2. The molecule has 0 aromatic heterocycles. The van der Waals surface area contributed by atoms with Crippen molar-refractivity contribution in [2.24, 2.45) is 0 Å². The predicted octanol–water partition coefficient (Wildman–Crippen LogP) is 3.94. The molecular weight excluding hydrogens is 348 g/mol. The molecule has 1 saturated heterocycles. The smallest absolute Gasteiger partial charge is 0.256 e. The highest BCUT2D eigenvalue weighted by Gasteiger charge is 2.39. The van der Waals surface area contributed by atoms with E-state index >= 15 is 0 Å². The van der Waals surface area contributed by atoms with Crippen LogP contribution in [0.2, 0.25) is 0 Å². The summed E-state index contributed by atoms with van der Waals surface area (Å²) in [4.78, 5) is 27.5. The lowest BCUT2D eigenvalue weighted by molar-refractivity contribution is -0.121. The number of nitrogens with zero attached hydrogens (tertiary/aromatic N) is 1. The van der Waals surface area contributed by atoms with Crippen molar-refractivity contribution in [2.75, 3.05) is 23.1 Å². The first kappa shape index (κ1) is 18.3. The molecule has 1 aliphatic rings. The number of amides is 2. The van der Waals surface area contributed by atoms with Crippen LogP contribution in [0.1, 0.15) is 19.8 Å². The van der Waals surface area contributed by atoms with Gasteiger partial charge in [0.15, 0.2) is 0 Å². The molecule has 26 heavy (non-hydrogen) atoms. The maximum absolute atomic E-state index is 12.7. The fourth-order valence-corrected chi connectivity index (χ4v) is 3.22. The number of rotatable bonds is 7. The molecule has 2 aromatic rings. The fraction of sp³-hybridized carbons (Fsp3) is 0.300. The van der Waals surface area contributed by atoms with Crippen molar-refractivity contribution in [1.29, 1.82) is 0 Å². The highest BCUT2D eigenvalue weighted by molar-refractivity contribution is 7.98. The average Bonchev–Trinajstić information content (AvgIpc) is 2.94. The summed E-state index contributed by atoms with van der Waals surface area (Å²) in [6.45, 7) is 2.68. The van der Waals surface area contributed by atoms with E-state index in [1.807, 2.05) is 37.4 Å². The fourth-order valence-electron chi connectivity index (χ4n) is 2.82. The van der Waals surface area contributed by atoms with Crippen molar-refractivity contribution < 1.29 is 14.3 Å². The van der Waals surface area contributed by atoms with E-state index in [4.69, 9.17) is 4.74 Å². The Morgan fingerprint density at radius 1 is 1.12 bits per heavy atom. The van der Waals surface area contributed by atoms with Gasteiger partial charge in [0.2, 0.25) is 5.91 Å². The van der Waals surface area contributed by atoms with Gasteiger partial charge in [-0.15, -0.1) is 11.8 Å². The van der Waals surface area contributed by atoms with Gasteiger partial charge in [-0.2, -0.15) is 0 Å². The molecule has 0 saturated carbocycles. The van der Waals surface area contributed by atoms with Gasteiger partial charge in [-0.25, -0.2) is 4.90 Å². The molecular formula is C20H22N2O3S. The van der Waals surface area contributed by atoms with Crippen LogP contribution in [0.4, 0.5) is 11.4 Å². The van der Waals surface area contributed by atoms with Gasteiger partial charge < -0.3 is 10.1 Å². The Balaban J connectivity index is 1.69. The number of hydrogen-bond donors (Lipinski definition) is 1. The number of hydrogen-bond acceptors (Lipinski definition) is 5. The maximum atomic E-state index is 12.7. The third kappa shape index (κ3) is 4.02. The number of imide groups is 1. The minimum atomic E-state index is -0.543. The maximum Gasteiger partial charge on any atom is 0.256 e. The molecule has 136 valence electrons. The lowest BCUT2D eigenvalue weighted by atomic mass is 10.2. The minimum Gasteiger partial charge on any atom is -0.494 e. The molecule has 6 heteroatoms. The van der Waals surface area contributed by atoms with Gasteiger partial charge in [0.1, 0.15) is 11.8 Å². The largest absolute Gasteiger partial charge is 0.494 e. The summed E-state index contributed by atoms with van der Waals surface area (Å²) in [7, 11) is 0. The van der Waals surface area contributed by atoms with E-state index in [0.29, 0.717) is 12.3 Å². The first-order valence-corrected chi connectivity index (χ1v) is 9.85. The van der Waals surface area contributed by atoms with Crippen LogP contribution < -0.4 is 15.0 Å². The molecule has 1 heterocycles. The molecule has 1 atom stereocenters. The molecule has 0 unspecified atom stereocenters. The number of thioether (sulfide) groups is 1. The van der Waals surface area contributed by atoms with Crippen molar-refractivity contribution in [3.63, 3.8) is 0 Å². The van der Waals surface area contributed by atoms with Crippen LogP contribution in [-0.4, -0.2) is 30.7 Å². The van der Waals surface area contributed by atoms with Crippen molar-refractivity contribution >= 4 is 35.0 Å². The predicted molar refractivity (Wildman–Crippen MR) is 105 cm³/mol. The van der Waals surface area contributed by atoms with E-state index in [2.05, 4.69) is 5.32 Å². The molecule has 1 aliphatic heterocycles. The zero-order chi connectivity index (χ0) is 18.5. The van der Waals surface area contributed by atoms with Crippen molar-refractivity contribution in [2.45, 2.75) is 30.7 Å². The monoisotopic (exact) mass is 370 g/mol. The van der Waals surface area contributed by atoms with Gasteiger partial charge in [0, 0.05) is 10.6 Å². The average molecular weight is 370 g/mol. The van der Waals surface area contributed by atoms with Crippen LogP contribution in [0, 0.1) is 0 Å². The molecule has 2 aromatic carbocycles. The standard InChI is InChI=1S/C20H22N2O3S/c1-3-12-25-16-8-6-15(7-9-16)22-19(23)13-18(20(22)24)21-14-4-10-17(26-2)11-5-14/h4-11,18,21H,3,12-13H2,1-2H3/t18-/m0/s1. The molecule has 2 amide bonds. The molecule has 0 aliphatic carbocycles. The lowest BCUT2D eigenvalue weighted by Gasteiger charge is -2.16. The molecule has 1 fully saturated rings. The summed E-state index contributed by atoms with van der Waals surface area (Å²) in [6.07, 6.45) is 3.09. The van der Waals surface area contributed by atoms with Gasteiger partial charge in [0.05, 0.1) is 18.7 Å². The Kier molecular flexibility index (Phi) is 5.83. The normalized spacial score (nSPS) is 16.8.